The Morgan fingerprint density at radius 2 is 2.04 bits per heavy atom. The Balaban J connectivity index is 1.86. The molecule has 2 heterocycles. The van der Waals surface area contributed by atoms with Gasteiger partial charge in [-0.15, -0.1) is 0 Å². The van der Waals surface area contributed by atoms with Gasteiger partial charge < -0.3 is 20.1 Å². The smallest absolute Gasteiger partial charge is 0.328 e. The van der Waals surface area contributed by atoms with Crippen molar-refractivity contribution in [2.45, 2.75) is 32.9 Å². The molecular formula is C20H24N4O4. The summed E-state index contributed by atoms with van der Waals surface area (Å²) in [6.07, 6.45) is 2.07. The minimum atomic E-state index is -0.549. The maximum Gasteiger partial charge on any atom is 0.328 e. The number of fused-ring (bicyclic) bond motifs is 1. The number of hydrogen-bond donors (Lipinski definition) is 2. The summed E-state index contributed by atoms with van der Waals surface area (Å²) in [5.74, 6) is 0.418. The fraction of sp³-hybridized carbons (Fsp3) is 0.400. The SMILES string of the molecule is COC(=O)[C@@H](Nc1nc(CNC(=O)C2=COCC2)nc2ccccc12)C(C)C. The minimum Gasteiger partial charge on any atom is -0.500 e. The molecular weight excluding hydrogens is 360 g/mol. The summed E-state index contributed by atoms with van der Waals surface area (Å²) < 4.78 is 10.0. The maximum atomic E-state index is 12.2. The Hall–Kier alpha value is -3.16. The molecule has 0 aliphatic carbocycles. The lowest BCUT2D eigenvalue weighted by molar-refractivity contribution is -0.142. The van der Waals surface area contributed by atoms with Gasteiger partial charge in [0.1, 0.15) is 11.9 Å². The zero-order valence-corrected chi connectivity index (χ0v) is 16.2. The lowest BCUT2D eigenvalue weighted by Gasteiger charge is -2.21. The van der Waals surface area contributed by atoms with E-state index in [1.165, 1.54) is 13.4 Å². The summed E-state index contributed by atoms with van der Waals surface area (Å²) in [6, 6.07) is 6.96. The van der Waals surface area contributed by atoms with Crippen LogP contribution in [-0.2, 0) is 25.6 Å². The molecule has 1 aliphatic heterocycles. The summed E-state index contributed by atoms with van der Waals surface area (Å²) in [5, 5.41) is 6.79. The van der Waals surface area contributed by atoms with Crippen LogP contribution in [0.15, 0.2) is 36.1 Å². The zero-order valence-electron chi connectivity index (χ0n) is 16.2. The highest BCUT2D eigenvalue weighted by molar-refractivity contribution is 5.93. The molecule has 1 aliphatic rings. The first-order valence-corrected chi connectivity index (χ1v) is 9.18. The normalized spacial score (nSPS) is 14.4. The Morgan fingerprint density at radius 3 is 2.71 bits per heavy atom. The van der Waals surface area contributed by atoms with Gasteiger partial charge >= 0.3 is 5.97 Å². The van der Waals surface area contributed by atoms with Gasteiger partial charge in [0.05, 0.1) is 37.6 Å². The fourth-order valence-corrected chi connectivity index (χ4v) is 2.91. The lowest BCUT2D eigenvalue weighted by atomic mass is 10.0. The summed E-state index contributed by atoms with van der Waals surface area (Å²) in [6.45, 7) is 4.54. The Bertz CT molecular complexity index is 910. The summed E-state index contributed by atoms with van der Waals surface area (Å²) in [4.78, 5) is 33.4. The van der Waals surface area contributed by atoms with E-state index in [-0.39, 0.29) is 24.3 Å². The van der Waals surface area contributed by atoms with Crippen molar-refractivity contribution in [2.24, 2.45) is 5.92 Å². The highest BCUT2D eigenvalue weighted by Gasteiger charge is 2.24. The van der Waals surface area contributed by atoms with Gasteiger partial charge in [0, 0.05) is 11.8 Å². The van der Waals surface area contributed by atoms with Gasteiger partial charge in [-0.05, 0) is 18.1 Å². The molecule has 0 saturated heterocycles. The lowest BCUT2D eigenvalue weighted by Crippen LogP contribution is -2.36. The highest BCUT2D eigenvalue weighted by Crippen LogP contribution is 2.22. The van der Waals surface area contributed by atoms with E-state index in [1.807, 2.05) is 38.1 Å². The second kappa shape index (κ2) is 8.69. The van der Waals surface area contributed by atoms with Crippen molar-refractivity contribution in [3.8, 4) is 0 Å². The number of para-hydroxylation sites is 1. The van der Waals surface area contributed by atoms with Crippen LogP contribution in [0.1, 0.15) is 26.1 Å². The van der Waals surface area contributed by atoms with Crippen LogP contribution in [0.25, 0.3) is 10.9 Å². The first kappa shape index (κ1) is 19.6. The average Bonchev–Trinajstić information content (AvgIpc) is 3.24. The molecule has 0 saturated carbocycles. The van der Waals surface area contributed by atoms with E-state index >= 15 is 0 Å². The van der Waals surface area contributed by atoms with Crippen molar-refractivity contribution in [2.75, 3.05) is 19.0 Å². The molecule has 8 heteroatoms. The van der Waals surface area contributed by atoms with Crippen molar-refractivity contribution < 1.29 is 19.1 Å². The molecule has 1 atom stereocenters. The quantitative estimate of drug-likeness (QED) is 0.705. The minimum absolute atomic E-state index is 0.00126. The van der Waals surface area contributed by atoms with Crippen LogP contribution in [0.5, 0.6) is 0 Å². The number of carbonyl (C=O) groups excluding carboxylic acids is 2. The number of esters is 1. The maximum absolute atomic E-state index is 12.2. The van der Waals surface area contributed by atoms with Gasteiger partial charge in [-0.2, -0.15) is 0 Å². The van der Waals surface area contributed by atoms with Gasteiger partial charge in [-0.3, -0.25) is 4.79 Å². The average molecular weight is 384 g/mol. The Kier molecular flexibility index (Phi) is 6.08. The van der Waals surface area contributed by atoms with E-state index in [2.05, 4.69) is 20.6 Å². The third kappa shape index (κ3) is 4.39. The number of rotatable bonds is 7. The second-order valence-corrected chi connectivity index (χ2v) is 6.84. The molecule has 2 N–H and O–H groups in total. The number of aromatic nitrogens is 2. The molecule has 1 aromatic carbocycles. The van der Waals surface area contributed by atoms with Crippen molar-refractivity contribution in [3.05, 3.63) is 41.9 Å². The predicted octanol–water partition coefficient (Wildman–Crippen LogP) is 2.16. The van der Waals surface area contributed by atoms with E-state index in [0.717, 1.165) is 10.9 Å². The van der Waals surface area contributed by atoms with Crippen molar-refractivity contribution in [3.63, 3.8) is 0 Å². The number of ether oxygens (including phenoxy) is 2. The third-order valence-electron chi connectivity index (χ3n) is 4.48. The third-order valence-corrected chi connectivity index (χ3v) is 4.48. The van der Waals surface area contributed by atoms with Crippen LogP contribution in [0.2, 0.25) is 0 Å². The molecule has 1 aromatic heterocycles. The molecule has 0 radical (unpaired) electrons. The number of methoxy groups -OCH3 is 1. The van der Waals surface area contributed by atoms with Gasteiger partial charge in [0.25, 0.3) is 5.91 Å². The molecule has 0 spiro atoms. The van der Waals surface area contributed by atoms with Crippen LogP contribution in [-0.4, -0.2) is 41.6 Å². The van der Waals surface area contributed by atoms with Crippen LogP contribution < -0.4 is 10.6 Å². The summed E-state index contributed by atoms with van der Waals surface area (Å²) >= 11 is 0. The highest BCUT2D eigenvalue weighted by atomic mass is 16.5. The van der Waals surface area contributed by atoms with Crippen LogP contribution >= 0.6 is 0 Å². The molecule has 1 amide bonds. The summed E-state index contributed by atoms with van der Waals surface area (Å²) in [7, 11) is 1.36. The number of hydrogen-bond acceptors (Lipinski definition) is 7. The van der Waals surface area contributed by atoms with Gasteiger partial charge in [-0.25, -0.2) is 14.8 Å². The van der Waals surface area contributed by atoms with Crippen LogP contribution in [0.4, 0.5) is 5.82 Å². The molecule has 0 fully saturated rings. The number of carbonyl (C=O) groups is 2. The summed E-state index contributed by atoms with van der Waals surface area (Å²) in [5.41, 5.74) is 1.32. The molecule has 0 unspecified atom stereocenters. The van der Waals surface area contributed by atoms with Crippen molar-refractivity contribution >= 4 is 28.6 Å². The second-order valence-electron chi connectivity index (χ2n) is 6.84. The van der Waals surface area contributed by atoms with Crippen molar-refractivity contribution in [1.29, 1.82) is 0 Å². The predicted molar refractivity (Wildman–Crippen MR) is 104 cm³/mol. The topological polar surface area (TPSA) is 102 Å². The zero-order chi connectivity index (χ0) is 20.1. The monoisotopic (exact) mass is 384 g/mol. The molecule has 0 bridgehead atoms. The number of nitrogens with zero attached hydrogens (tertiary/aromatic N) is 2. The standard InChI is InChI=1S/C20H24N4O4/c1-12(2)17(20(26)27-3)24-18-14-6-4-5-7-15(14)22-16(23-18)10-21-19(25)13-8-9-28-11-13/h4-7,11-12,17H,8-10H2,1-3H3,(H,21,25)(H,22,23,24)/t17-/m0/s1. The number of nitrogens with one attached hydrogen (secondary N) is 2. The van der Waals surface area contributed by atoms with E-state index in [4.69, 9.17) is 9.47 Å². The first-order chi connectivity index (χ1) is 13.5. The van der Waals surface area contributed by atoms with Gasteiger partial charge in [0.15, 0.2) is 5.82 Å². The van der Waals surface area contributed by atoms with Crippen LogP contribution in [0, 0.1) is 5.92 Å². The largest absolute Gasteiger partial charge is 0.500 e. The number of amides is 1. The molecule has 28 heavy (non-hydrogen) atoms. The van der Waals surface area contributed by atoms with E-state index in [9.17, 15) is 9.59 Å². The van der Waals surface area contributed by atoms with Crippen molar-refractivity contribution in [1.82, 2.24) is 15.3 Å². The molecule has 3 rings (SSSR count). The van der Waals surface area contributed by atoms with E-state index in [0.29, 0.717) is 30.2 Å². The number of benzene rings is 1. The first-order valence-electron chi connectivity index (χ1n) is 9.18. The van der Waals surface area contributed by atoms with E-state index in [1.54, 1.807) is 0 Å². The Labute approximate surface area is 163 Å². The van der Waals surface area contributed by atoms with Crippen LogP contribution in [0.3, 0.4) is 0 Å². The van der Waals surface area contributed by atoms with Gasteiger partial charge in [0.2, 0.25) is 0 Å². The van der Waals surface area contributed by atoms with E-state index < -0.39 is 6.04 Å². The Morgan fingerprint density at radius 1 is 1.25 bits per heavy atom. The molecule has 2 aromatic rings. The fourth-order valence-electron chi connectivity index (χ4n) is 2.91. The van der Waals surface area contributed by atoms with Gasteiger partial charge in [-0.1, -0.05) is 26.0 Å². The molecule has 148 valence electrons. The number of anilines is 1. The molecule has 8 nitrogen and oxygen atoms in total.